The average Bonchev–Trinajstić information content (AvgIpc) is 2.30. The molecule has 0 saturated carbocycles. The van der Waals surface area contributed by atoms with Crippen molar-refractivity contribution in [3.8, 4) is 0 Å². The molecule has 0 aromatic carbocycles. The molecule has 0 spiro atoms. The standard InChI is InChI=1S/C11H13NO2/c13-11(9-4-7-14-8-5-9)10-3-1-2-6-12-10/h1-3,6,9H,4-5,7-8H2. The Bertz CT molecular complexity index is 304. The van der Waals surface area contributed by atoms with Crippen LogP contribution in [0.25, 0.3) is 0 Å². The number of ether oxygens (including phenoxy) is 1. The molecule has 1 saturated heterocycles. The Morgan fingerprint density at radius 2 is 2.14 bits per heavy atom. The first-order chi connectivity index (χ1) is 6.88. The molecule has 3 heteroatoms. The van der Waals surface area contributed by atoms with Gasteiger partial charge in [-0.25, -0.2) is 0 Å². The number of nitrogens with zero attached hydrogens (tertiary/aromatic N) is 1. The van der Waals surface area contributed by atoms with E-state index in [0.29, 0.717) is 18.9 Å². The fourth-order valence-corrected chi connectivity index (χ4v) is 1.68. The molecule has 0 amide bonds. The van der Waals surface area contributed by atoms with Gasteiger partial charge in [-0.2, -0.15) is 0 Å². The summed E-state index contributed by atoms with van der Waals surface area (Å²) in [5.74, 6) is 0.271. The monoisotopic (exact) mass is 191 g/mol. The molecular formula is C11H13NO2. The van der Waals surface area contributed by atoms with Crippen LogP contribution in [-0.4, -0.2) is 24.0 Å². The van der Waals surface area contributed by atoms with E-state index in [1.165, 1.54) is 0 Å². The molecule has 0 atom stereocenters. The van der Waals surface area contributed by atoms with Gasteiger partial charge in [0.1, 0.15) is 5.69 Å². The average molecular weight is 191 g/mol. The van der Waals surface area contributed by atoms with Gasteiger partial charge in [0.15, 0.2) is 5.78 Å². The Kier molecular flexibility index (Phi) is 2.89. The largest absolute Gasteiger partial charge is 0.381 e. The van der Waals surface area contributed by atoms with Crippen LogP contribution in [0.15, 0.2) is 24.4 Å². The second-order valence-electron chi connectivity index (χ2n) is 3.47. The number of Topliss-reactive ketones (excluding diaryl/α,β-unsaturated/α-hetero) is 1. The maximum absolute atomic E-state index is 11.9. The highest BCUT2D eigenvalue weighted by Gasteiger charge is 2.23. The molecule has 0 unspecified atom stereocenters. The van der Waals surface area contributed by atoms with E-state index in [1.807, 2.05) is 12.1 Å². The molecule has 74 valence electrons. The Balaban J connectivity index is 2.07. The second kappa shape index (κ2) is 4.33. The lowest BCUT2D eigenvalue weighted by Crippen LogP contribution is -2.24. The predicted octanol–water partition coefficient (Wildman–Crippen LogP) is 1.69. The Morgan fingerprint density at radius 1 is 1.36 bits per heavy atom. The highest BCUT2D eigenvalue weighted by atomic mass is 16.5. The van der Waals surface area contributed by atoms with Crippen LogP contribution in [-0.2, 0) is 4.74 Å². The topological polar surface area (TPSA) is 39.2 Å². The number of carbonyl (C=O) groups excluding carboxylic acids is 1. The van der Waals surface area contributed by atoms with E-state index in [-0.39, 0.29) is 11.7 Å². The highest BCUT2D eigenvalue weighted by Crippen LogP contribution is 2.18. The molecule has 1 aromatic rings. The second-order valence-corrected chi connectivity index (χ2v) is 3.47. The first kappa shape index (κ1) is 9.34. The van der Waals surface area contributed by atoms with Crippen molar-refractivity contribution in [3.05, 3.63) is 30.1 Å². The number of aromatic nitrogens is 1. The van der Waals surface area contributed by atoms with Gasteiger partial charge in [0, 0.05) is 25.3 Å². The lowest BCUT2D eigenvalue weighted by molar-refractivity contribution is 0.0541. The molecule has 1 aliphatic heterocycles. The van der Waals surface area contributed by atoms with Crippen LogP contribution in [0.5, 0.6) is 0 Å². The zero-order valence-corrected chi connectivity index (χ0v) is 7.98. The van der Waals surface area contributed by atoms with Crippen LogP contribution in [0.3, 0.4) is 0 Å². The summed E-state index contributed by atoms with van der Waals surface area (Å²) in [7, 11) is 0. The fourth-order valence-electron chi connectivity index (χ4n) is 1.68. The summed E-state index contributed by atoms with van der Waals surface area (Å²) in [6.45, 7) is 1.40. The summed E-state index contributed by atoms with van der Waals surface area (Å²) in [5, 5.41) is 0. The van der Waals surface area contributed by atoms with Crippen molar-refractivity contribution in [1.29, 1.82) is 0 Å². The molecule has 14 heavy (non-hydrogen) atoms. The van der Waals surface area contributed by atoms with Gasteiger partial charge in [-0.3, -0.25) is 9.78 Å². The summed E-state index contributed by atoms with van der Waals surface area (Å²) in [6, 6.07) is 5.44. The summed E-state index contributed by atoms with van der Waals surface area (Å²) in [4.78, 5) is 15.9. The van der Waals surface area contributed by atoms with Gasteiger partial charge < -0.3 is 4.74 Å². The summed E-state index contributed by atoms with van der Waals surface area (Å²) in [5.41, 5.74) is 0.583. The van der Waals surface area contributed by atoms with Gasteiger partial charge in [0.2, 0.25) is 0 Å². The summed E-state index contributed by atoms with van der Waals surface area (Å²) >= 11 is 0. The molecular weight excluding hydrogens is 178 g/mol. The van der Waals surface area contributed by atoms with Gasteiger partial charge in [0.25, 0.3) is 0 Å². The van der Waals surface area contributed by atoms with E-state index in [1.54, 1.807) is 12.3 Å². The lowest BCUT2D eigenvalue weighted by atomic mass is 9.93. The minimum absolute atomic E-state index is 0.110. The molecule has 3 nitrogen and oxygen atoms in total. The SMILES string of the molecule is O=C(c1ccccn1)C1CCOCC1. The Hall–Kier alpha value is -1.22. The molecule has 2 rings (SSSR count). The van der Waals surface area contributed by atoms with Crippen LogP contribution >= 0.6 is 0 Å². The van der Waals surface area contributed by atoms with E-state index in [2.05, 4.69) is 4.98 Å². The van der Waals surface area contributed by atoms with Crippen LogP contribution in [0, 0.1) is 5.92 Å². The third-order valence-corrected chi connectivity index (χ3v) is 2.51. The van der Waals surface area contributed by atoms with Gasteiger partial charge in [-0.1, -0.05) is 6.07 Å². The molecule has 0 aliphatic carbocycles. The number of hydrogen-bond donors (Lipinski definition) is 0. The van der Waals surface area contributed by atoms with Gasteiger partial charge >= 0.3 is 0 Å². The van der Waals surface area contributed by atoms with Crippen molar-refractivity contribution in [2.45, 2.75) is 12.8 Å². The zero-order valence-electron chi connectivity index (χ0n) is 7.98. The first-order valence-electron chi connectivity index (χ1n) is 4.91. The van der Waals surface area contributed by atoms with Gasteiger partial charge in [0.05, 0.1) is 0 Å². The number of rotatable bonds is 2. The van der Waals surface area contributed by atoms with E-state index in [0.717, 1.165) is 12.8 Å². The van der Waals surface area contributed by atoms with Crippen molar-refractivity contribution < 1.29 is 9.53 Å². The fraction of sp³-hybridized carbons (Fsp3) is 0.455. The van der Waals surface area contributed by atoms with Crippen molar-refractivity contribution >= 4 is 5.78 Å². The quantitative estimate of drug-likeness (QED) is 0.668. The molecule has 0 N–H and O–H groups in total. The Labute approximate surface area is 83.1 Å². The lowest BCUT2D eigenvalue weighted by Gasteiger charge is -2.20. The maximum Gasteiger partial charge on any atom is 0.184 e. The van der Waals surface area contributed by atoms with Crippen LogP contribution in [0.1, 0.15) is 23.3 Å². The highest BCUT2D eigenvalue weighted by molar-refractivity contribution is 5.96. The number of carbonyl (C=O) groups is 1. The minimum Gasteiger partial charge on any atom is -0.381 e. The van der Waals surface area contributed by atoms with Crippen LogP contribution in [0.2, 0.25) is 0 Å². The van der Waals surface area contributed by atoms with E-state index in [4.69, 9.17) is 4.74 Å². The smallest absolute Gasteiger partial charge is 0.184 e. The third kappa shape index (κ3) is 1.99. The van der Waals surface area contributed by atoms with E-state index in [9.17, 15) is 4.79 Å². The van der Waals surface area contributed by atoms with Crippen LogP contribution < -0.4 is 0 Å². The molecule has 1 fully saturated rings. The molecule has 0 radical (unpaired) electrons. The van der Waals surface area contributed by atoms with Gasteiger partial charge in [-0.05, 0) is 25.0 Å². The van der Waals surface area contributed by atoms with Gasteiger partial charge in [-0.15, -0.1) is 0 Å². The summed E-state index contributed by atoms with van der Waals surface area (Å²) in [6.07, 6.45) is 3.32. The minimum atomic E-state index is 0.110. The predicted molar refractivity (Wildman–Crippen MR) is 52.1 cm³/mol. The number of ketones is 1. The zero-order chi connectivity index (χ0) is 9.80. The first-order valence-corrected chi connectivity index (χ1v) is 4.91. The number of hydrogen-bond acceptors (Lipinski definition) is 3. The van der Waals surface area contributed by atoms with Crippen molar-refractivity contribution in [1.82, 2.24) is 4.98 Å². The van der Waals surface area contributed by atoms with Crippen molar-refractivity contribution in [3.63, 3.8) is 0 Å². The van der Waals surface area contributed by atoms with E-state index >= 15 is 0 Å². The molecule has 2 heterocycles. The number of pyridine rings is 1. The molecule has 1 aromatic heterocycles. The summed E-state index contributed by atoms with van der Waals surface area (Å²) < 4.78 is 5.21. The third-order valence-electron chi connectivity index (χ3n) is 2.51. The maximum atomic E-state index is 11.9. The van der Waals surface area contributed by atoms with Crippen molar-refractivity contribution in [2.24, 2.45) is 5.92 Å². The molecule has 0 bridgehead atoms. The Morgan fingerprint density at radius 3 is 2.79 bits per heavy atom. The normalized spacial score (nSPS) is 18.0. The van der Waals surface area contributed by atoms with E-state index < -0.39 is 0 Å². The van der Waals surface area contributed by atoms with Crippen molar-refractivity contribution in [2.75, 3.05) is 13.2 Å². The van der Waals surface area contributed by atoms with Crippen LogP contribution in [0.4, 0.5) is 0 Å². The molecule has 1 aliphatic rings.